The molecule has 1 aliphatic heterocycles. The van der Waals surface area contributed by atoms with Crippen LogP contribution in [0.1, 0.15) is 31.0 Å². The van der Waals surface area contributed by atoms with Crippen LogP contribution in [0.25, 0.3) is 0 Å². The lowest BCUT2D eigenvalue weighted by atomic mass is 10.1. The van der Waals surface area contributed by atoms with Crippen molar-refractivity contribution in [3.8, 4) is 0 Å². The van der Waals surface area contributed by atoms with E-state index in [2.05, 4.69) is 15.3 Å². The molecule has 9 nitrogen and oxygen atoms in total. The molecule has 1 atom stereocenters. The normalized spacial score (nSPS) is 15.7. The smallest absolute Gasteiger partial charge is 0.326 e. The van der Waals surface area contributed by atoms with Crippen molar-refractivity contribution < 1.29 is 19.4 Å². The molecule has 1 aliphatic rings. The molecule has 2 rings (SSSR count). The Balaban J connectivity index is 1.99. The highest BCUT2D eigenvalue weighted by molar-refractivity contribution is 5.83. The number of nitrogens with zero attached hydrogens (tertiary/aromatic N) is 2. The number of nitrogens with one attached hydrogen (secondary N) is 2. The second kappa shape index (κ2) is 9.86. The van der Waals surface area contributed by atoms with E-state index in [4.69, 9.17) is 9.84 Å². The van der Waals surface area contributed by atoms with Crippen molar-refractivity contribution >= 4 is 17.8 Å². The number of allylic oxidation sites excluding steroid dienone is 1. The maximum absolute atomic E-state index is 12.4. The third kappa shape index (κ3) is 5.92. The van der Waals surface area contributed by atoms with Crippen LogP contribution in [0.4, 0.5) is 5.95 Å². The summed E-state index contributed by atoms with van der Waals surface area (Å²) in [4.78, 5) is 44.8. The second-order valence-electron chi connectivity index (χ2n) is 6.32. The van der Waals surface area contributed by atoms with Crippen LogP contribution >= 0.6 is 0 Å². The van der Waals surface area contributed by atoms with Gasteiger partial charge in [-0.3, -0.25) is 14.6 Å². The number of aromatic amines is 1. The number of anilines is 1. The molecule has 1 aromatic rings. The lowest BCUT2D eigenvalue weighted by molar-refractivity contribution is -0.141. The molecule has 1 fully saturated rings. The number of carboxylic acid groups (broad SMARTS) is 1. The van der Waals surface area contributed by atoms with E-state index in [1.54, 1.807) is 26.0 Å². The summed E-state index contributed by atoms with van der Waals surface area (Å²) in [5.74, 6) is -0.999. The molecule has 0 radical (unpaired) electrons. The highest BCUT2D eigenvalue weighted by Crippen LogP contribution is 2.11. The average molecular weight is 378 g/mol. The van der Waals surface area contributed by atoms with Gasteiger partial charge in [0.15, 0.2) is 0 Å². The van der Waals surface area contributed by atoms with E-state index in [1.807, 2.05) is 4.90 Å². The monoisotopic (exact) mass is 378 g/mol. The molecule has 27 heavy (non-hydrogen) atoms. The van der Waals surface area contributed by atoms with Crippen molar-refractivity contribution in [1.82, 2.24) is 15.3 Å². The van der Waals surface area contributed by atoms with Gasteiger partial charge in [-0.05, 0) is 26.7 Å². The van der Waals surface area contributed by atoms with E-state index in [0.717, 1.165) is 0 Å². The molecule has 0 bridgehead atoms. The van der Waals surface area contributed by atoms with Gasteiger partial charge in [0.25, 0.3) is 5.56 Å². The number of carboxylic acids is 1. The second-order valence-corrected chi connectivity index (χ2v) is 6.32. The highest BCUT2D eigenvalue weighted by Gasteiger charge is 2.20. The summed E-state index contributed by atoms with van der Waals surface area (Å²) >= 11 is 0. The van der Waals surface area contributed by atoms with Crippen molar-refractivity contribution in [3.05, 3.63) is 33.8 Å². The van der Waals surface area contributed by atoms with Crippen LogP contribution < -0.4 is 15.8 Å². The minimum atomic E-state index is -1.09. The largest absolute Gasteiger partial charge is 0.480 e. The number of ether oxygens (including phenoxy) is 1. The van der Waals surface area contributed by atoms with Crippen molar-refractivity contribution in [3.63, 3.8) is 0 Å². The molecule has 1 aromatic heterocycles. The van der Waals surface area contributed by atoms with Crippen LogP contribution in [0.15, 0.2) is 16.9 Å². The number of hydrogen-bond acceptors (Lipinski definition) is 6. The fourth-order valence-electron chi connectivity index (χ4n) is 2.81. The predicted molar refractivity (Wildman–Crippen MR) is 99.9 cm³/mol. The van der Waals surface area contributed by atoms with Crippen LogP contribution in [0.5, 0.6) is 0 Å². The number of aryl methyl sites for hydroxylation is 1. The van der Waals surface area contributed by atoms with Gasteiger partial charge >= 0.3 is 5.97 Å². The van der Waals surface area contributed by atoms with Gasteiger partial charge in [-0.25, -0.2) is 9.78 Å². The van der Waals surface area contributed by atoms with Crippen LogP contribution in [0, 0.1) is 6.92 Å². The summed E-state index contributed by atoms with van der Waals surface area (Å²) in [6.07, 6.45) is 3.84. The Morgan fingerprint density at radius 1 is 1.41 bits per heavy atom. The maximum Gasteiger partial charge on any atom is 0.326 e. The molecular formula is C18H26N4O5. The average Bonchev–Trinajstić information content (AvgIpc) is 2.64. The van der Waals surface area contributed by atoms with Gasteiger partial charge in [0.1, 0.15) is 6.04 Å². The first-order valence-corrected chi connectivity index (χ1v) is 8.98. The zero-order valence-corrected chi connectivity index (χ0v) is 15.7. The van der Waals surface area contributed by atoms with Crippen molar-refractivity contribution in [2.24, 2.45) is 0 Å². The van der Waals surface area contributed by atoms with Gasteiger partial charge in [0.05, 0.1) is 13.2 Å². The van der Waals surface area contributed by atoms with Gasteiger partial charge in [-0.15, -0.1) is 0 Å². The van der Waals surface area contributed by atoms with Gasteiger partial charge in [0.2, 0.25) is 11.9 Å². The Morgan fingerprint density at radius 3 is 2.70 bits per heavy atom. The number of hydrogen-bond donors (Lipinski definition) is 3. The molecule has 0 aliphatic carbocycles. The van der Waals surface area contributed by atoms with E-state index in [9.17, 15) is 14.4 Å². The van der Waals surface area contributed by atoms with E-state index in [1.165, 1.54) is 0 Å². The Bertz CT molecular complexity index is 753. The molecule has 9 heteroatoms. The van der Waals surface area contributed by atoms with Crippen molar-refractivity contribution in [2.75, 3.05) is 31.2 Å². The molecule has 3 N–H and O–H groups in total. The quantitative estimate of drug-likeness (QED) is 0.559. The number of morpholine rings is 1. The van der Waals surface area contributed by atoms with Crippen molar-refractivity contribution in [2.45, 2.75) is 39.2 Å². The van der Waals surface area contributed by atoms with E-state index < -0.39 is 17.9 Å². The Hall–Kier alpha value is -2.68. The third-order valence-corrected chi connectivity index (χ3v) is 4.36. The Labute approximate surface area is 157 Å². The van der Waals surface area contributed by atoms with Crippen LogP contribution in [0.2, 0.25) is 0 Å². The summed E-state index contributed by atoms with van der Waals surface area (Å²) in [5.41, 5.74) is 0.722. The number of carbonyl (C=O) groups is 2. The fourth-order valence-corrected chi connectivity index (χ4v) is 2.81. The maximum atomic E-state index is 12.4. The molecule has 0 aromatic carbocycles. The molecule has 2 heterocycles. The standard InChI is InChI=1S/C18H26N4O5/c1-3-4-5-14(17(25)26)20-15(23)7-6-13-12(2)19-18(21-16(13)24)22-8-10-27-11-9-22/h3-4,14H,5-11H2,1-2H3,(H,20,23)(H,25,26)(H,19,21,24)/b4-3+. The molecule has 148 valence electrons. The Morgan fingerprint density at radius 2 is 2.11 bits per heavy atom. The molecule has 1 saturated heterocycles. The summed E-state index contributed by atoms with van der Waals surface area (Å²) in [6.45, 7) is 6.01. The van der Waals surface area contributed by atoms with Crippen LogP contribution in [-0.4, -0.2) is 59.3 Å². The highest BCUT2D eigenvalue weighted by atomic mass is 16.5. The zero-order valence-electron chi connectivity index (χ0n) is 15.7. The molecular weight excluding hydrogens is 352 g/mol. The summed E-state index contributed by atoms with van der Waals surface area (Å²) in [5, 5.41) is 11.6. The lowest BCUT2D eigenvalue weighted by Gasteiger charge is -2.27. The fraction of sp³-hybridized carbons (Fsp3) is 0.556. The first-order chi connectivity index (χ1) is 12.9. The van der Waals surface area contributed by atoms with E-state index in [-0.39, 0.29) is 24.8 Å². The third-order valence-electron chi connectivity index (χ3n) is 4.36. The molecule has 1 amide bonds. The van der Waals surface area contributed by atoms with E-state index in [0.29, 0.717) is 43.5 Å². The molecule has 0 spiro atoms. The first kappa shape index (κ1) is 20.6. The SMILES string of the molecule is C/C=C/CC(NC(=O)CCc1c(C)nc(N2CCOCC2)[nH]c1=O)C(=O)O. The first-order valence-electron chi connectivity index (χ1n) is 8.98. The van der Waals surface area contributed by atoms with E-state index >= 15 is 0 Å². The minimum Gasteiger partial charge on any atom is -0.480 e. The number of aromatic nitrogens is 2. The Kier molecular flexibility index (Phi) is 7.54. The molecule has 1 unspecified atom stereocenters. The van der Waals surface area contributed by atoms with Gasteiger partial charge < -0.3 is 20.1 Å². The zero-order chi connectivity index (χ0) is 19.8. The van der Waals surface area contributed by atoms with Gasteiger partial charge in [-0.1, -0.05) is 12.2 Å². The number of rotatable bonds is 8. The summed E-state index contributed by atoms with van der Waals surface area (Å²) in [6, 6.07) is -0.977. The topological polar surface area (TPSA) is 125 Å². The van der Waals surface area contributed by atoms with Gasteiger partial charge in [0, 0.05) is 30.8 Å². The summed E-state index contributed by atoms with van der Waals surface area (Å²) < 4.78 is 5.29. The van der Waals surface area contributed by atoms with Crippen LogP contribution in [-0.2, 0) is 20.7 Å². The lowest BCUT2D eigenvalue weighted by Crippen LogP contribution is -2.40. The van der Waals surface area contributed by atoms with Crippen molar-refractivity contribution in [1.29, 1.82) is 0 Å². The van der Waals surface area contributed by atoms with Gasteiger partial charge in [-0.2, -0.15) is 0 Å². The predicted octanol–water partition coefficient (Wildman–Crippen LogP) is 0.383. The summed E-state index contributed by atoms with van der Waals surface area (Å²) in [7, 11) is 0. The number of amides is 1. The number of carbonyl (C=O) groups excluding carboxylic acids is 1. The number of H-pyrrole nitrogens is 1. The van der Waals surface area contributed by atoms with Crippen LogP contribution in [0.3, 0.4) is 0 Å². The minimum absolute atomic E-state index is 0.0160. The molecule has 0 saturated carbocycles. The number of aliphatic carboxylic acids is 1.